The van der Waals surface area contributed by atoms with Crippen LogP contribution >= 0.6 is 0 Å². The summed E-state index contributed by atoms with van der Waals surface area (Å²) < 4.78 is 2.38. The monoisotopic (exact) mass is 851 g/mol. The van der Waals surface area contributed by atoms with E-state index in [0.29, 0.717) is 17.5 Å². The second-order valence-electron chi connectivity index (χ2n) is 17.3. The van der Waals surface area contributed by atoms with Gasteiger partial charge in [0.2, 0.25) is 0 Å². The van der Waals surface area contributed by atoms with Crippen LogP contribution in [0.5, 0.6) is 0 Å². The standard InChI is InChI=1S/C62H37N5/c1-2-18-42(19-3-1)67-55-29-15-13-27-50(55)58-56(67)35-34-51-57(58)49-26-12-14-28-54(49)63-59(51)38-30-32-39(33-31-38)60-64-61(52-36-40-16-4-6-20-43(40)45-22-8-10-24-47(45)52)66-62(65-60)53-37-41-17-5-7-21-44(41)46-23-9-11-25-48(46)53/h1-37H. The number of hydrogen-bond donors (Lipinski definition) is 0. The summed E-state index contributed by atoms with van der Waals surface area (Å²) in [5, 5.41) is 15.1. The molecule has 0 aliphatic heterocycles. The number of aromatic nitrogens is 5. The SMILES string of the molecule is c1ccc(-n2c3ccccc3c3c4c(ccc32)c(-c2ccc(-c3nc(-c5cc6ccccc6c6ccccc56)nc(-c5cc6ccccc6c6ccccc56)n3)cc2)nc2ccccc24)cc1. The van der Waals surface area contributed by atoms with Crippen LogP contribution in [0.3, 0.4) is 0 Å². The lowest BCUT2D eigenvalue weighted by atomic mass is 9.95. The quantitative estimate of drug-likeness (QED) is 0.162. The largest absolute Gasteiger partial charge is 0.309 e. The number of para-hydroxylation sites is 3. The summed E-state index contributed by atoms with van der Waals surface area (Å²) in [6, 6.07) is 79.7. The zero-order valence-corrected chi connectivity index (χ0v) is 36.1. The number of pyridine rings is 1. The Hall–Kier alpha value is -9.06. The third-order valence-corrected chi connectivity index (χ3v) is 13.6. The highest BCUT2D eigenvalue weighted by molar-refractivity contribution is 6.29. The van der Waals surface area contributed by atoms with E-state index in [-0.39, 0.29) is 0 Å². The third-order valence-electron chi connectivity index (χ3n) is 13.6. The van der Waals surface area contributed by atoms with E-state index in [0.717, 1.165) is 87.8 Å². The van der Waals surface area contributed by atoms with Gasteiger partial charge < -0.3 is 4.57 Å². The number of fused-ring (bicyclic) bond motifs is 13. The van der Waals surface area contributed by atoms with Crippen molar-refractivity contribution < 1.29 is 0 Å². The fourth-order valence-electron chi connectivity index (χ4n) is 10.6. The van der Waals surface area contributed by atoms with Gasteiger partial charge in [0.15, 0.2) is 17.5 Å². The average molecular weight is 852 g/mol. The van der Waals surface area contributed by atoms with Crippen molar-refractivity contribution in [1.29, 1.82) is 0 Å². The fraction of sp³-hybridized carbons (Fsp3) is 0. The van der Waals surface area contributed by atoms with Gasteiger partial charge in [0, 0.05) is 54.9 Å². The van der Waals surface area contributed by atoms with Crippen LogP contribution in [0.1, 0.15) is 0 Å². The van der Waals surface area contributed by atoms with Crippen LogP contribution in [0, 0.1) is 0 Å². The van der Waals surface area contributed by atoms with Crippen molar-refractivity contribution in [3.8, 4) is 51.1 Å². The zero-order valence-electron chi connectivity index (χ0n) is 36.1. The lowest BCUT2D eigenvalue weighted by molar-refractivity contribution is 1.08. The van der Waals surface area contributed by atoms with Gasteiger partial charge >= 0.3 is 0 Å². The topological polar surface area (TPSA) is 56.5 Å². The first kappa shape index (κ1) is 37.3. The fourth-order valence-corrected chi connectivity index (χ4v) is 10.6. The van der Waals surface area contributed by atoms with E-state index in [1.54, 1.807) is 0 Å². The van der Waals surface area contributed by atoms with Crippen LogP contribution in [-0.4, -0.2) is 24.5 Å². The maximum atomic E-state index is 5.39. The highest BCUT2D eigenvalue weighted by Gasteiger charge is 2.21. The number of benzene rings is 11. The molecule has 0 saturated heterocycles. The molecular weight excluding hydrogens is 815 g/mol. The minimum atomic E-state index is 0.604. The van der Waals surface area contributed by atoms with Crippen LogP contribution < -0.4 is 0 Å². The molecule has 3 heterocycles. The van der Waals surface area contributed by atoms with Crippen molar-refractivity contribution in [2.24, 2.45) is 0 Å². The molecule has 14 rings (SSSR count). The Labute approximate surface area is 384 Å². The molecule has 310 valence electrons. The molecule has 0 saturated carbocycles. The Kier molecular flexibility index (Phi) is 8.21. The Balaban J connectivity index is 0.987. The molecule has 0 amide bonds. The van der Waals surface area contributed by atoms with Crippen molar-refractivity contribution in [2.75, 3.05) is 0 Å². The van der Waals surface area contributed by atoms with Gasteiger partial charge in [-0.3, -0.25) is 0 Å². The third kappa shape index (κ3) is 5.81. The van der Waals surface area contributed by atoms with Crippen LogP contribution in [0.2, 0.25) is 0 Å². The van der Waals surface area contributed by atoms with E-state index in [1.165, 1.54) is 32.4 Å². The molecule has 0 aliphatic rings. The lowest BCUT2D eigenvalue weighted by Gasteiger charge is -2.15. The molecule has 0 atom stereocenters. The first-order chi connectivity index (χ1) is 33.2. The first-order valence-electron chi connectivity index (χ1n) is 22.7. The minimum Gasteiger partial charge on any atom is -0.309 e. The molecule has 14 aromatic rings. The molecule has 0 spiro atoms. The van der Waals surface area contributed by atoms with Gasteiger partial charge in [-0.15, -0.1) is 0 Å². The second kappa shape index (κ2) is 14.7. The molecule has 67 heavy (non-hydrogen) atoms. The van der Waals surface area contributed by atoms with Gasteiger partial charge in [-0.2, -0.15) is 0 Å². The van der Waals surface area contributed by atoms with Gasteiger partial charge in [0.25, 0.3) is 0 Å². The van der Waals surface area contributed by atoms with Gasteiger partial charge in [-0.05, 0) is 85.6 Å². The second-order valence-corrected chi connectivity index (χ2v) is 17.3. The lowest BCUT2D eigenvalue weighted by Crippen LogP contribution is -2.01. The Morgan fingerprint density at radius 1 is 0.284 bits per heavy atom. The molecular formula is C62H37N5. The number of rotatable bonds is 5. The van der Waals surface area contributed by atoms with Crippen molar-refractivity contribution in [3.05, 3.63) is 224 Å². The van der Waals surface area contributed by atoms with Gasteiger partial charge in [-0.1, -0.05) is 182 Å². The summed E-state index contributed by atoms with van der Waals surface area (Å²) in [5.41, 5.74) is 9.19. The Bertz CT molecular complexity index is 4190. The van der Waals surface area contributed by atoms with Crippen LogP contribution in [0.25, 0.3) is 138 Å². The average Bonchev–Trinajstić information content (AvgIpc) is 3.75. The molecule has 3 aromatic heterocycles. The van der Waals surface area contributed by atoms with E-state index in [1.807, 2.05) is 0 Å². The molecule has 0 aliphatic carbocycles. The summed E-state index contributed by atoms with van der Waals surface area (Å²) >= 11 is 0. The van der Waals surface area contributed by atoms with Gasteiger partial charge in [0.05, 0.1) is 22.2 Å². The van der Waals surface area contributed by atoms with Crippen molar-refractivity contribution in [3.63, 3.8) is 0 Å². The number of hydrogen-bond acceptors (Lipinski definition) is 4. The molecule has 0 radical (unpaired) electrons. The van der Waals surface area contributed by atoms with Gasteiger partial charge in [-0.25, -0.2) is 19.9 Å². The highest BCUT2D eigenvalue weighted by atomic mass is 15.0. The molecule has 0 bridgehead atoms. The normalized spacial score (nSPS) is 11.9. The van der Waals surface area contributed by atoms with Crippen molar-refractivity contribution in [1.82, 2.24) is 24.5 Å². The number of nitrogens with zero attached hydrogens (tertiary/aromatic N) is 5. The molecule has 0 fully saturated rings. The Morgan fingerprint density at radius 3 is 1.42 bits per heavy atom. The summed E-state index contributed by atoms with van der Waals surface area (Å²) in [5.74, 6) is 1.86. The Morgan fingerprint density at radius 2 is 0.776 bits per heavy atom. The van der Waals surface area contributed by atoms with Crippen LogP contribution in [0.15, 0.2) is 224 Å². The predicted molar refractivity (Wildman–Crippen MR) is 279 cm³/mol. The molecule has 0 N–H and O–H groups in total. The minimum absolute atomic E-state index is 0.604. The smallest absolute Gasteiger partial charge is 0.164 e. The predicted octanol–water partition coefficient (Wildman–Crippen LogP) is 16.0. The summed E-state index contributed by atoms with van der Waals surface area (Å²) in [7, 11) is 0. The molecule has 11 aromatic carbocycles. The van der Waals surface area contributed by atoms with E-state index in [4.69, 9.17) is 19.9 Å². The molecule has 0 unspecified atom stereocenters. The molecule has 5 nitrogen and oxygen atoms in total. The molecule has 5 heteroatoms. The summed E-state index contributed by atoms with van der Waals surface area (Å²) in [4.78, 5) is 21.5. The van der Waals surface area contributed by atoms with Crippen molar-refractivity contribution in [2.45, 2.75) is 0 Å². The maximum Gasteiger partial charge on any atom is 0.164 e. The van der Waals surface area contributed by atoms with E-state index >= 15 is 0 Å². The first-order valence-corrected chi connectivity index (χ1v) is 22.7. The van der Waals surface area contributed by atoms with E-state index in [9.17, 15) is 0 Å². The van der Waals surface area contributed by atoms with Crippen LogP contribution in [-0.2, 0) is 0 Å². The summed E-state index contributed by atoms with van der Waals surface area (Å²) in [6.45, 7) is 0. The van der Waals surface area contributed by atoms with Crippen molar-refractivity contribution >= 4 is 86.6 Å². The maximum absolute atomic E-state index is 5.39. The van der Waals surface area contributed by atoms with E-state index < -0.39 is 0 Å². The zero-order chi connectivity index (χ0) is 44.0. The summed E-state index contributed by atoms with van der Waals surface area (Å²) in [6.07, 6.45) is 0. The van der Waals surface area contributed by atoms with E-state index in [2.05, 4.69) is 229 Å². The van der Waals surface area contributed by atoms with Crippen LogP contribution in [0.4, 0.5) is 0 Å². The highest BCUT2D eigenvalue weighted by Crippen LogP contribution is 2.43. The van der Waals surface area contributed by atoms with Gasteiger partial charge in [0.1, 0.15) is 0 Å².